The molecule has 0 spiro atoms. The highest BCUT2D eigenvalue weighted by atomic mass is 32.2. The first kappa shape index (κ1) is 11.0. The van der Waals surface area contributed by atoms with E-state index in [-0.39, 0.29) is 11.0 Å². The van der Waals surface area contributed by atoms with Crippen molar-refractivity contribution in [1.29, 1.82) is 0 Å². The van der Waals surface area contributed by atoms with Gasteiger partial charge in [-0.3, -0.25) is 4.79 Å². The van der Waals surface area contributed by atoms with Crippen molar-refractivity contribution in [2.45, 2.75) is 26.7 Å². The average molecular weight is 217 g/mol. The van der Waals surface area contributed by atoms with Crippen molar-refractivity contribution in [1.82, 2.24) is 4.90 Å². The molecular formula is C9H15NOS2. The molecule has 0 aliphatic carbocycles. The van der Waals surface area contributed by atoms with Crippen molar-refractivity contribution in [3.63, 3.8) is 0 Å². The summed E-state index contributed by atoms with van der Waals surface area (Å²) in [6.07, 6.45) is 2.41. The smallest absolute Gasteiger partial charge is 0.198 e. The molecule has 74 valence electrons. The van der Waals surface area contributed by atoms with Crippen molar-refractivity contribution in [2.24, 2.45) is 5.92 Å². The minimum absolute atomic E-state index is 0.0746. The largest absolute Gasteiger partial charge is 0.357 e. The molecule has 0 aromatic heterocycles. The van der Waals surface area contributed by atoms with E-state index < -0.39 is 0 Å². The molecule has 4 heteroatoms. The van der Waals surface area contributed by atoms with E-state index in [0.717, 1.165) is 17.4 Å². The van der Waals surface area contributed by atoms with Crippen LogP contribution in [-0.2, 0) is 4.79 Å². The van der Waals surface area contributed by atoms with Gasteiger partial charge in [0.05, 0.1) is 0 Å². The molecule has 1 heterocycles. The maximum atomic E-state index is 11.4. The highest BCUT2D eigenvalue weighted by Gasteiger charge is 2.19. The Kier molecular flexibility index (Phi) is 4.19. The Morgan fingerprint density at radius 3 is 2.38 bits per heavy atom. The van der Waals surface area contributed by atoms with E-state index >= 15 is 0 Å². The summed E-state index contributed by atoms with van der Waals surface area (Å²) in [5, 5.41) is 0.178. The van der Waals surface area contributed by atoms with Crippen LogP contribution < -0.4 is 0 Å². The Bertz CT molecular complexity index is 210. The van der Waals surface area contributed by atoms with E-state index in [2.05, 4.69) is 4.90 Å². The summed E-state index contributed by atoms with van der Waals surface area (Å²) in [5.74, 6) is 0.0746. The van der Waals surface area contributed by atoms with E-state index in [0.29, 0.717) is 0 Å². The van der Waals surface area contributed by atoms with Gasteiger partial charge in [0.15, 0.2) is 5.12 Å². The van der Waals surface area contributed by atoms with Crippen molar-refractivity contribution in [3.8, 4) is 0 Å². The molecule has 0 amide bonds. The number of carbonyl (C=O) groups is 1. The lowest BCUT2D eigenvalue weighted by atomic mass is 10.3. The molecule has 0 N–H and O–H groups in total. The SMILES string of the molecule is CC(C)C(=O)SC(=S)N1CCCC1. The molecule has 0 saturated carbocycles. The molecule has 0 radical (unpaired) electrons. The lowest BCUT2D eigenvalue weighted by molar-refractivity contribution is -0.113. The molecule has 1 fully saturated rings. The van der Waals surface area contributed by atoms with Crippen LogP contribution in [0.4, 0.5) is 0 Å². The second kappa shape index (κ2) is 4.96. The van der Waals surface area contributed by atoms with Crippen LogP contribution in [0.25, 0.3) is 0 Å². The zero-order valence-electron chi connectivity index (χ0n) is 8.08. The highest BCUT2D eigenvalue weighted by molar-refractivity contribution is 8.32. The van der Waals surface area contributed by atoms with Crippen LogP contribution in [0, 0.1) is 5.92 Å². The van der Waals surface area contributed by atoms with Gasteiger partial charge in [-0.25, -0.2) is 0 Å². The van der Waals surface area contributed by atoms with E-state index in [9.17, 15) is 4.79 Å². The molecule has 2 nitrogen and oxygen atoms in total. The Morgan fingerprint density at radius 2 is 1.92 bits per heavy atom. The predicted molar refractivity (Wildman–Crippen MR) is 60.8 cm³/mol. The van der Waals surface area contributed by atoms with Gasteiger partial charge in [0.1, 0.15) is 4.32 Å². The van der Waals surface area contributed by atoms with Gasteiger partial charge in [0.25, 0.3) is 0 Å². The summed E-state index contributed by atoms with van der Waals surface area (Å²) in [6.45, 7) is 5.86. The number of rotatable bonds is 1. The van der Waals surface area contributed by atoms with Gasteiger partial charge in [-0.15, -0.1) is 0 Å². The first-order valence-electron chi connectivity index (χ1n) is 4.62. The summed E-state index contributed by atoms with van der Waals surface area (Å²) in [6, 6.07) is 0. The lowest BCUT2D eigenvalue weighted by Crippen LogP contribution is -2.25. The topological polar surface area (TPSA) is 20.3 Å². The Balaban J connectivity index is 2.36. The summed E-state index contributed by atoms with van der Waals surface area (Å²) >= 11 is 6.40. The van der Waals surface area contributed by atoms with Gasteiger partial charge in [-0.1, -0.05) is 26.1 Å². The third kappa shape index (κ3) is 3.27. The Hall–Kier alpha value is -0.0900. The maximum Gasteiger partial charge on any atom is 0.198 e. The summed E-state index contributed by atoms with van der Waals surface area (Å²) < 4.78 is 0.760. The lowest BCUT2D eigenvalue weighted by Gasteiger charge is -2.17. The summed E-state index contributed by atoms with van der Waals surface area (Å²) in [7, 11) is 0. The van der Waals surface area contributed by atoms with E-state index in [1.807, 2.05) is 13.8 Å². The number of thiocarbonyl (C=S) groups is 1. The second-order valence-corrected chi connectivity index (χ2v) is 5.17. The number of hydrogen-bond acceptors (Lipinski definition) is 3. The van der Waals surface area contributed by atoms with E-state index in [1.54, 1.807) is 0 Å². The first-order chi connectivity index (χ1) is 6.11. The van der Waals surface area contributed by atoms with Gasteiger partial charge in [0.2, 0.25) is 0 Å². The monoisotopic (exact) mass is 217 g/mol. The maximum absolute atomic E-state index is 11.4. The summed E-state index contributed by atoms with van der Waals surface area (Å²) in [5.41, 5.74) is 0. The second-order valence-electron chi connectivity index (χ2n) is 3.54. The predicted octanol–water partition coefficient (Wildman–Crippen LogP) is 2.28. The van der Waals surface area contributed by atoms with Crippen LogP contribution in [0.2, 0.25) is 0 Å². The Labute approximate surface area is 89.1 Å². The molecule has 1 aliphatic rings. The molecule has 1 aliphatic heterocycles. The molecule has 13 heavy (non-hydrogen) atoms. The van der Waals surface area contributed by atoms with E-state index in [4.69, 9.17) is 12.2 Å². The fourth-order valence-corrected chi connectivity index (χ4v) is 2.32. The third-order valence-electron chi connectivity index (χ3n) is 2.02. The standard InChI is InChI=1S/C9H15NOS2/c1-7(2)8(11)13-9(12)10-5-3-4-6-10/h7H,3-6H2,1-2H3. The number of likely N-dealkylation sites (tertiary alicyclic amines) is 1. The molecule has 1 saturated heterocycles. The molecule has 0 aromatic carbocycles. The van der Waals surface area contributed by atoms with Crippen LogP contribution in [0.5, 0.6) is 0 Å². The van der Waals surface area contributed by atoms with Crippen LogP contribution in [0.15, 0.2) is 0 Å². The van der Waals surface area contributed by atoms with Gasteiger partial charge < -0.3 is 4.90 Å². The average Bonchev–Trinajstić information content (AvgIpc) is 2.55. The first-order valence-corrected chi connectivity index (χ1v) is 5.84. The number of hydrogen-bond donors (Lipinski definition) is 0. The molecule has 1 rings (SSSR count). The molecular weight excluding hydrogens is 202 g/mol. The van der Waals surface area contributed by atoms with Crippen LogP contribution in [-0.4, -0.2) is 27.4 Å². The van der Waals surface area contributed by atoms with Gasteiger partial charge in [-0.05, 0) is 24.6 Å². The highest BCUT2D eigenvalue weighted by Crippen LogP contribution is 2.19. The minimum Gasteiger partial charge on any atom is -0.357 e. The van der Waals surface area contributed by atoms with E-state index in [1.165, 1.54) is 24.6 Å². The van der Waals surface area contributed by atoms with Crippen molar-refractivity contribution < 1.29 is 4.79 Å². The van der Waals surface area contributed by atoms with Crippen molar-refractivity contribution in [3.05, 3.63) is 0 Å². The van der Waals surface area contributed by atoms with Crippen LogP contribution in [0.1, 0.15) is 26.7 Å². The van der Waals surface area contributed by atoms with Crippen molar-refractivity contribution >= 4 is 33.4 Å². The van der Waals surface area contributed by atoms with Crippen LogP contribution in [0.3, 0.4) is 0 Å². The summed E-state index contributed by atoms with van der Waals surface area (Å²) in [4.78, 5) is 13.5. The zero-order chi connectivity index (χ0) is 9.84. The zero-order valence-corrected chi connectivity index (χ0v) is 9.71. The number of carbonyl (C=O) groups excluding carboxylic acids is 1. The molecule has 0 aromatic rings. The molecule has 0 bridgehead atoms. The number of nitrogens with zero attached hydrogens (tertiary/aromatic N) is 1. The van der Waals surface area contributed by atoms with Gasteiger partial charge in [-0.2, -0.15) is 0 Å². The fraction of sp³-hybridized carbons (Fsp3) is 0.778. The quantitative estimate of drug-likeness (QED) is 0.628. The van der Waals surface area contributed by atoms with Crippen LogP contribution >= 0.6 is 24.0 Å². The normalized spacial score (nSPS) is 16.7. The molecule has 0 unspecified atom stereocenters. The third-order valence-corrected chi connectivity index (χ3v) is 3.64. The van der Waals surface area contributed by atoms with Gasteiger partial charge >= 0.3 is 0 Å². The minimum atomic E-state index is 0.0746. The fourth-order valence-electron chi connectivity index (χ4n) is 1.17. The van der Waals surface area contributed by atoms with Crippen molar-refractivity contribution in [2.75, 3.05) is 13.1 Å². The molecule has 0 atom stereocenters. The Morgan fingerprint density at radius 1 is 1.38 bits per heavy atom. The number of thioether (sulfide) groups is 1. The van der Waals surface area contributed by atoms with Gasteiger partial charge in [0, 0.05) is 19.0 Å².